The zero-order chi connectivity index (χ0) is 11.6. The number of pyridine rings is 1. The standard InChI is InChI=1S/C11H15N3OS/c1-16-11(3-4-11)7-14-9-2-5-13-6-8(9)10(12)15/h2,5-6H,3-4,7H2,1H3,(H2,12,15)(H,13,14). The van der Waals surface area contributed by atoms with Crippen LogP contribution >= 0.6 is 11.8 Å². The monoisotopic (exact) mass is 237 g/mol. The summed E-state index contributed by atoms with van der Waals surface area (Å²) in [6.45, 7) is 0.873. The van der Waals surface area contributed by atoms with E-state index >= 15 is 0 Å². The van der Waals surface area contributed by atoms with Crippen LogP contribution in [-0.2, 0) is 0 Å². The van der Waals surface area contributed by atoms with E-state index in [0.29, 0.717) is 10.3 Å². The summed E-state index contributed by atoms with van der Waals surface area (Å²) < 4.78 is 0.359. The second kappa shape index (κ2) is 4.33. The zero-order valence-corrected chi connectivity index (χ0v) is 10.0. The van der Waals surface area contributed by atoms with Gasteiger partial charge in [0.1, 0.15) is 0 Å². The van der Waals surface area contributed by atoms with Crippen LogP contribution in [0.25, 0.3) is 0 Å². The molecule has 0 bridgehead atoms. The number of hydrogen-bond acceptors (Lipinski definition) is 4. The van der Waals surface area contributed by atoms with Gasteiger partial charge < -0.3 is 11.1 Å². The summed E-state index contributed by atoms with van der Waals surface area (Å²) in [7, 11) is 0. The first-order valence-corrected chi connectivity index (χ1v) is 6.42. The van der Waals surface area contributed by atoms with Gasteiger partial charge in [0.05, 0.1) is 11.3 Å². The average Bonchev–Trinajstić information content (AvgIpc) is 3.07. The summed E-state index contributed by atoms with van der Waals surface area (Å²) in [5.41, 5.74) is 6.52. The molecule has 1 heterocycles. The molecular weight excluding hydrogens is 222 g/mol. The molecule has 2 rings (SSSR count). The Bertz CT molecular complexity index is 404. The van der Waals surface area contributed by atoms with Crippen molar-refractivity contribution in [3.63, 3.8) is 0 Å². The Morgan fingerprint density at radius 2 is 2.44 bits per heavy atom. The van der Waals surface area contributed by atoms with Crippen molar-refractivity contribution in [1.82, 2.24) is 4.98 Å². The lowest BCUT2D eigenvalue weighted by Gasteiger charge is -2.15. The highest BCUT2D eigenvalue weighted by molar-refractivity contribution is 8.00. The van der Waals surface area contributed by atoms with Crippen molar-refractivity contribution in [2.45, 2.75) is 17.6 Å². The van der Waals surface area contributed by atoms with Crippen molar-refractivity contribution < 1.29 is 4.79 Å². The van der Waals surface area contributed by atoms with Crippen molar-refractivity contribution in [3.05, 3.63) is 24.0 Å². The fourth-order valence-electron chi connectivity index (χ4n) is 1.59. The fourth-order valence-corrected chi connectivity index (χ4v) is 2.32. The van der Waals surface area contributed by atoms with E-state index in [1.54, 1.807) is 12.3 Å². The second-order valence-corrected chi connectivity index (χ2v) is 5.30. The molecule has 1 aliphatic carbocycles. The minimum absolute atomic E-state index is 0.359. The number of anilines is 1. The summed E-state index contributed by atoms with van der Waals surface area (Å²) >= 11 is 1.88. The van der Waals surface area contributed by atoms with Crippen LogP contribution in [0.2, 0.25) is 0 Å². The highest BCUT2D eigenvalue weighted by atomic mass is 32.2. The number of thioether (sulfide) groups is 1. The number of nitrogens with zero attached hydrogens (tertiary/aromatic N) is 1. The van der Waals surface area contributed by atoms with Crippen molar-refractivity contribution in [2.24, 2.45) is 5.73 Å². The number of aromatic nitrogens is 1. The molecule has 5 heteroatoms. The molecule has 1 saturated carbocycles. The van der Waals surface area contributed by atoms with Gasteiger partial charge >= 0.3 is 0 Å². The minimum atomic E-state index is -0.440. The van der Waals surface area contributed by atoms with Crippen LogP contribution in [-0.4, -0.2) is 28.4 Å². The largest absolute Gasteiger partial charge is 0.383 e. The van der Waals surface area contributed by atoms with Crippen LogP contribution in [0.15, 0.2) is 18.5 Å². The maximum atomic E-state index is 11.2. The maximum Gasteiger partial charge on any atom is 0.252 e. The van der Waals surface area contributed by atoms with Crippen molar-refractivity contribution in [3.8, 4) is 0 Å². The van der Waals surface area contributed by atoms with Crippen molar-refractivity contribution in [2.75, 3.05) is 18.1 Å². The molecular formula is C11H15N3OS. The van der Waals surface area contributed by atoms with Gasteiger partial charge in [-0.1, -0.05) is 0 Å². The summed E-state index contributed by atoms with van der Waals surface area (Å²) in [4.78, 5) is 15.1. The van der Waals surface area contributed by atoms with Gasteiger partial charge in [-0.25, -0.2) is 0 Å². The number of nitrogens with two attached hydrogens (primary N) is 1. The van der Waals surface area contributed by atoms with E-state index in [9.17, 15) is 4.79 Å². The maximum absolute atomic E-state index is 11.2. The van der Waals surface area contributed by atoms with Gasteiger partial charge in [-0.2, -0.15) is 11.8 Å². The molecule has 0 aromatic carbocycles. The molecule has 0 spiro atoms. The molecule has 1 aromatic heterocycles. The topological polar surface area (TPSA) is 68.0 Å². The lowest BCUT2D eigenvalue weighted by atomic mass is 10.2. The van der Waals surface area contributed by atoms with Gasteiger partial charge in [-0.05, 0) is 25.2 Å². The van der Waals surface area contributed by atoms with Gasteiger partial charge in [-0.15, -0.1) is 0 Å². The highest BCUT2D eigenvalue weighted by Gasteiger charge is 2.41. The molecule has 1 amide bonds. The first-order chi connectivity index (χ1) is 7.67. The molecule has 1 aromatic rings. The Morgan fingerprint density at radius 3 is 3.00 bits per heavy atom. The first kappa shape index (κ1) is 11.3. The second-order valence-electron chi connectivity index (χ2n) is 4.03. The third-order valence-electron chi connectivity index (χ3n) is 2.93. The number of hydrogen-bond donors (Lipinski definition) is 2. The zero-order valence-electron chi connectivity index (χ0n) is 9.19. The van der Waals surface area contributed by atoms with Crippen molar-refractivity contribution in [1.29, 1.82) is 0 Å². The molecule has 4 nitrogen and oxygen atoms in total. The molecule has 0 radical (unpaired) electrons. The van der Waals surface area contributed by atoms with Gasteiger partial charge in [-0.3, -0.25) is 9.78 Å². The lowest BCUT2D eigenvalue weighted by Crippen LogP contribution is -2.20. The summed E-state index contributed by atoms with van der Waals surface area (Å²) in [5, 5.41) is 3.29. The molecule has 1 fully saturated rings. The normalized spacial score (nSPS) is 16.8. The van der Waals surface area contributed by atoms with E-state index in [2.05, 4.69) is 16.6 Å². The van der Waals surface area contributed by atoms with E-state index in [0.717, 1.165) is 12.2 Å². The third-order valence-corrected chi connectivity index (χ3v) is 4.35. The van der Waals surface area contributed by atoms with E-state index < -0.39 is 5.91 Å². The van der Waals surface area contributed by atoms with Gasteiger partial charge in [0.25, 0.3) is 5.91 Å². The Hall–Kier alpha value is -1.23. The molecule has 16 heavy (non-hydrogen) atoms. The molecule has 1 aliphatic rings. The van der Waals surface area contributed by atoms with Crippen molar-refractivity contribution >= 4 is 23.4 Å². The predicted octanol–water partition coefficient (Wildman–Crippen LogP) is 1.49. The van der Waals surface area contributed by atoms with E-state index in [-0.39, 0.29) is 0 Å². The van der Waals surface area contributed by atoms with Crippen LogP contribution in [0, 0.1) is 0 Å². The molecule has 3 N–H and O–H groups in total. The molecule has 86 valence electrons. The average molecular weight is 237 g/mol. The van der Waals surface area contributed by atoms with Crippen LogP contribution in [0.3, 0.4) is 0 Å². The van der Waals surface area contributed by atoms with Crippen LogP contribution in [0.5, 0.6) is 0 Å². The van der Waals surface area contributed by atoms with Gasteiger partial charge in [0, 0.05) is 23.7 Å². The van der Waals surface area contributed by atoms with Gasteiger partial charge in [0.15, 0.2) is 0 Å². The van der Waals surface area contributed by atoms with Crippen LogP contribution < -0.4 is 11.1 Å². The Kier molecular flexibility index (Phi) is 3.05. The number of rotatable bonds is 5. The first-order valence-electron chi connectivity index (χ1n) is 5.20. The van der Waals surface area contributed by atoms with Crippen LogP contribution in [0.1, 0.15) is 23.2 Å². The number of amides is 1. The lowest BCUT2D eigenvalue weighted by molar-refractivity contribution is 0.100. The molecule has 0 atom stereocenters. The quantitative estimate of drug-likeness (QED) is 0.814. The third kappa shape index (κ3) is 2.29. The number of nitrogens with one attached hydrogen (secondary N) is 1. The summed E-state index contributed by atoms with van der Waals surface area (Å²) in [6, 6.07) is 1.79. The summed E-state index contributed by atoms with van der Waals surface area (Å²) in [6.07, 6.45) is 7.75. The Morgan fingerprint density at radius 1 is 1.69 bits per heavy atom. The summed E-state index contributed by atoms with van der Waals surface area (Å²) in [5.74, 6) is -0.440. The predicted molar refractivity (Wildman–Crippen MR) is 66.7 cm³/mol. The number of carbonyl (C=O) groups excluding carboxylic acids is 1. The highest BCUT2D eigenvalue weighted by Crippen LogP contribution is 2.47. The molecule has 0 aliphatic heterocycles. The smallest absolute Gasteiger partial charge is 0.252 e. The van der Waals surface area contributed by atoms with Crippen LogP contribution in [0.4, 0.5) is 5.69 Å². The van der Waals surface area contributed by atoms with E-state index in [4.69, 9.17) is 5.73 Å². The number of primary amides is 1. The van der Waals surface area contributed by atoms with E-state index in [1.807, 2.05) is 11.8 Å². The SMILES string of the molecule is CSC1(CNc2ccncc2C(N)=O)CC1. The minimum Gasteiger partial charge on any atom is -0.383 e. The number of carbonyl (C=O) groups is 1. The molecule has 0 unspecified atom stereocenters. The Balaban J connectivity index is 2.06. The fraction of sp³-hybridized carbons (Fsp3) is 0.455. The van der Waals surface area contributed by atoms with Gasteiger partial charge in [0.2, 0.25) is 0 Å². The molecule has 0 saturated heterocycles. The Labute approximate surface area is 99.0 Å². The van der Waals surface area contributed by atoms with E-state index in [1.165, 1.54) is 19.0 Å².